The van der Waals surface area contributed by atoms with Gasteiger partial charge in [-0.15, -0.1) is 0 Å². The van der Waals surface area contributed by atoms with E-state index in [1.54, 1.807) is 17.8 Å². The van der Waals surface area contributed by atoms with Gasteiger partial charge in [-0.25, -0.2) is 4.39 Å². The van der Waals surface area contributed by atoms with E-state index in [1.807, 2.05) is 6.92 Å². The second-order valence-corrected chi connectivity index (χ2v) is 4.12. The van der Waals surface area contributed by atoms with E-state index in [1.165, 1.54) is 25.3 Å². The second-order valence-electron chi connectivity index (χ2n) is 4.12. The van der Waals surface area contributed by atoms with Crippen LogP contribution in [0.25, 0.3) is 0 Å². The number of benzene rings is 1. The number of aliphatic hydroxyl groups excluding tert-OH is 1. The fourth-order valence-corrected chi connectivity index (χ4v) is 1.80. The lowest BCUT2D eigenvalue weighted by Crippen LogP contribution is -2.04. The molecule has 0 saturated carbocycles. The van der Waals surface area contributed by atoms with Crippen molar-refractivity contribution >= 4 is 0 Å². The van der Waals surface area contributed by atoms with Crippen molar-refractivity contribution in [3.05, 3.63) is 47.0 Å². The van der Waals surface area contributed by atoms with Gasteiger partial charge in [0.1, 0.15) is 17.7 Å². The average molecular weight is 250 g/mol. The molecule has 18 heavy (non-hydrogen) atoms. The highest BCUT2D eigenvalue weighted by molar-refractivity contribution is 5.39. The Kier molecular flexibility index (Phi) is 3.34. The maximum Gasteiger partial charge on any atom is 0.126 e. The van der Waals surface area contributed by atoms with Crippen molar-refractivity contribution in [1.29, 1.82) is 0 Å². The third kappa shape index (κ3) is 2.22. The maximum absolute atomic E-state index is 13.3. The van der Waals surface area contributed by atoms with Gasteiger partial charge < -0.3 is 9.84 Å². The van der Waals surface area contributed by atoms with Crippen LogP contribution in [0.4, 0.5) is 4.39 Å². The van der Waals surface area contributed by atoms with Gasteiger partial charge in [-0.05, 0) is 31.2 Å². The summed E-state index contributed by atoms with van der Waals surface area (Å²) in [4.78, 5) is 0. The third-order valence-electron chi connectivity index (χ3n) is 2.90. The molecular weight excluding hydrogens is 235 g/mol. The predicted octanol–water partition coefficient (Wildman–Crippen LogP) is 1.96. The molecule has 0 aliphatic heterocycles. The van der Waals surface area contributed by atoms with Crippen molar-refractivity contribution in [3.8, 4) is 5.75 Å². The Balaban J connectivity index is 2.44. The summed E-state index contributed by atoms with van der Waals surface area (Å²) in [6.07, 6.45) is -1.00. The molecule has 0 bridgehead atoms. The lowest BCUT2D eigenvalue weighted by atomic mass is 10.1. The van der Waals surface area contributed by atoms with Gasteiger partial charge in [0.2, 0.25) is 0 Å². The van der Waals surface area contributed by atoms with Crippen LogP contribution in [0.5, 0.6) is 5.75 Å². The molecule has 0 aliphatic rings. The SMILES string of the molecule is COc1ccc(F)cc1C(O)c1cc(C)n(C)n1. The fraction of sp³-hybridized carbons (Fsp3) is 0.308. The maximum atomic E-state index is 13.3. The van der Waals surface area contributed by atoms with E-state index in [4.69, 9.17) is 4.74 Å². The molecule has 0 amide bonds. The fourth-order valence-electron chi connectivity index (χ4n) is 1.80. The number of aromatic nitrogens is 2. The Morgan fingerprint density at radius 2 is 2.11 bits per heavy atom. The van der Waals surface area contributed by atoms with E-state index in [2.05, 4.69) is 5.10 Å². The molecule has 4 nitrogen and oxygen atoms in total. The molecule has 1 heterocycles. The molecule has 2 aromatic rings. The van der Waals surface area contributed by atoms with Crippen LogP contribution in [-0.4, -0.2) is 22.0 Å². The molecule has 0 aliphatic carbocycles. The van der Waals surface area contributed by atoms with Crippen molar-refractivity contribution in [2.45, 2.75) is 13.0 Å². The van der Waals surface area contributed by atoms with E-state index in [0.717, 1.165) is 5.69 Å². The first kappa shape index (κ1) is 12.6. The van der Waals surface area contributed by atoms with Crippen LogP contribution < -0.4 is 4.74 Å². The zero-order valence-corrected chi connectivity index (χ0v) is 10.5. The molecule has 0 spiro atoms. The van der Waals surface area contributed by atoms with E-state index in [-0.39, 0.29) is 0 Å². The molecule has 1 N–H and O–H groups in total. The molecule has 5 heteroatoms. The zero-order chi connectivity index (χ0) is 13.3. The average Bonchev–Trinajstić information content (AvgIpc) is 2.68. The Bertz CT molecular complexity index is 547. The monoisotopic (exact) mass is 250 g/mol. The van der Waals surface area contributed by atoms with Gasteiger partial charge >= 0.3 is 0 Å². The van der Waals surface area contributed by atoms with Crippen molar-refractivity contribution in [2.24, 2.45) is 7.05 Å². The summed E-state index contributed by atoms with van der Waals surface area (Å²) in [5.41, 5.74) is 1.76. The van der Waals surface area contributed by atoms with Gasteiger partial charge in [-0.2, -0.15) is 5.10 Å². The van der Waals surface area contributed by atoms with Crippen LogP contribution in [0.1, 0.15) is 23.1 Å². The Morgan fingerprint density at radius 3 is 2.67 bits per heavy atom. The third-order valence-corrected chi connectivity index (χ3v) is 2.90. The molecule has 1 aromatic heterocycles. The minimum absolute atomic E-state index is 0.371. The summed E-state index contributed by atoms with van der Waals surface area (Å²) in [7, 11) is 3.27. The van der Waals surface area contributed by atoms with Gasteiger partial charge in [0.25, 0.3) is 0 Å². The Labute approximate surface area is 105 Å². The minimum Gasteiger partial charge on any atom is -0.496 e. The van der Waals surface area contributed by atoms with Crippen molar-refractivity contribution in [3.63, 3.8) is 0 Å². The van der Waals surface area contributed by atoms with Gasteiger partial charge in [0.15, 0.2) is 0 Å². The van der Waals surface area contributed by atoms with Crippen LogP contribution in [0.3, 0.4) is 0 Å². The number of hydrogen-bond donors (Lipinski definition) is 1. The second kappa shape index (κ2) is 4.78. The lowest BCUT2D eigenvalue weighted by molar-refractivity contribution is 0.208. The Hall–Kier alpha value is -1.88. The lowest BCUT2D eigenvalue weighted by Gasteiger charge is -2.12. The first-order chi connectivity index (χ1) is 8.52. The van der Waals surface area contributed by atoms with Crippen molar-refractivity contribution in [2.75, 3.05) is 7.11 Å². The van der Waals surface area contributed by atoms with Crippen LogP contribution in [0.2, 0.25) is 0 Å². The quantitative estimate of drug-likeness (QED) is 0.905. The van der Waals surface area contributed by atoms with Gasteiger partial charge in [0.05, 0.1) is 12.8 Å². The van der Waals surface area contributed by atoms with Gasteiger partial charge in [0, 0.05) is 18.3 Å². The molecule has 1 atom stereocenters. The van der Waals surface area contributed by atoms with Crippen molar-refractivity contribution < 1.29 is 14.2 Å². The van der Waals surface area contributed by atoms with Crippen molar-refractivity contribution in [1.82, 2.24) is 9.78 Å². The zero-order valence-electron chi connectivity index (χ0n) is 10.5. The minimum atomic E-state index is -1.00. The van der Waals surface area contributed by atoms with Crippen LogP contribution in [-0.2, 0) is 7.05 Å². The number of ether oxygens (including phenoxy) is 1. The standard InChI is InChI=1S/C13H15FN2O2/c1-8-6-11(15-16(8)2)13(17)10-7-9(14)4-5-12(10)18-3/h4-7,13,17H,1-3H3. The highest BCUT2D eigenvalue weighted by atomic mass is 19.1. The predicted molar refractivity (Wildman–Crippen MR) is 65.0 cm³/mol. The highest BCUT2D eigenvalue weighted by Crippen LogP contribution is 2.30. The summed E-state index contributed by atoms with van der Waals surface area (Å²) >= 11 is 0. The number of aryl methyl sites for hydroxylation is 2. The summed E-state index contributed by atoms with van der Waals surface area (Å²) in [5, 5.41) is 14.4. The molecule has 0 radical (unpaired) electrons. The largest absolute Gasteiger partial charge is 0.496 e. The number of nitrogens with zero attached hydrogens (tertiary/aromatic N) is 2. The number of hydrogen-bond acceptors (Lipinski definition) is 3. The molecule has 2 rings (SSSR count). The number of methoxy groups -OCH3 is 1. The normalized spacial score (nSPS) is 12.5. The smallest absolute Gasteiger partial charge is 0.126 e. The first-order valence-electron chi connectivity index (χ1n) is 5.55. The molecule has 1 unspecified atom stereocenters. The number of halogens is 1. The van der Waals surface area contributed by atoms with Gasteiger partial charge in [-0.1, -0.05) is 0 Å². The molecule has 0 saturated heterocycles. The van der Waals surface area contributed by atoms with Crippen LogP contribution >= 0.6 is 0 Å². The van der Waals surface area contributed by atoms with E-state index >= 15 is 0 Å². The molecule has 0 fully saturated rings. The summed E-state index contributed by atoms with van der Waals surface area (Å²) in [5.74, 6) is 0.0182. The van der Waals surface area contributed by atoms with Gasteiger partial charge in [-0.3, -0.25) is 4.68 Å². The number of rotatable bonds is 3. The van der Waals surface area contributed by atoms with Crippen LogP contribution in [0.15, 0.2) is 24.3 Å². The molecule has 96 valence electrons. The first-order valence-corrected chi connectivity index (χ1v) is 5.55. The highest BCUT2D eigenvalue weighted by Gasteiger charge is 2.19. The Morgan fingerprint density at radius 1 is 1.39 bits per heavy atom. The molecule has 1 aromatic carbocycles. The summed E-state index contributed by atoms with van der Waals surface area (Å²) in [6.45, 7) is 1.88. The van der Waals surface area contributed by atoms with E-state index in [0.29, 0.717) is 17.0 Å². The van der Waals surface area contributed by atoms with E-state index in [9.17, 15) is 9.50 Å². The van der Waals surface area contributed by atoms with Crippen LogP contribution in [0, 0.1) is 12.7 Å². The summed E-state index contributed by atoms with van der Waals surface area (Å²) in [6, 6.07) is 5.80. The number of aliphatic hydroxyl groups is 1. The topological polar surface area (TPSA) is 47.3 Å². The molecular formula is C13H15FN2O2. The summed E-state index contributed by atoms with van der Waals surface area (Å²) < 4.78 is 20.0. The van der Waals surface area contributed by atoms with E-state index < -0.39 is 11.9 Å².